The highest BCUT2D eigenvalue weighted by molar-refractivity contribution is 5.99. The fourth-order valence-corrected chi connectivity index (χ4v) is 10.3. The van der Waals surface area contributed by atoms with Gasteiger partial charge in [-0.3, -0.25) is 14.4 Å². The molecule has 3 aliphatic carbocycles. The van der Waals surface area contributed by atoms with Crippen molar-refractivity contribution in [3.05, 3.63) is 47.0 Å². The third-order valence-electron chi connectivity index (χ3n) is 12.3. The van der Waals surface area contributed by atoms with Gasteiger partial charge in [0.1, 0.15) is 18.8 Å². The second-order valence-electron chi connectivity index (χ2n) is 14.3. The smallest absolute Gasteiger partial charge is 0.338 e. The van der Waals surface area contributed by atoms with Crippen LogP contribution in [0.5, 0.6) is 0 Å². The minimum Gasteiger partial charge on any atom is -0.465 e. The molecule has 0 aromatic heterocycles. The molecule has 8 heteroatoms. The summed E-state index contributed by atoms with van der Waals surface area (Å²) in [4.78, 5) is 51.9. The summed E-state index contributed by atoms with van der Waals surface area (Å²) in [5, 5.41) is 0. The normalized spacial score (nSPS) is 42.1. The quantitative estimate of drug-likeness (QED) is 0.360. The van der Waals surface area contributed by atoms with Crippen molar-refractivity contribution < 1.29 is 38.1 Å². The van der Waals surface area contributed by atoms with E-state index in [-0.39, 0.29) is 54.7 Å². The third-order valence-corrected chi connectivity index (χ3v) is 12.3. The molecule has 0 bridgehead atoms. The number of ether oxygens (including phenoxy) is 4. The summed E-state index contributed by atoms with van der Waals surface area (Å²) in [7, 11) is 0. The fraction of sp³-hybridized carbons (Fsp3) is 0.647. The molecule has 1 aromatic rings. The highest BCUT2D eigenvalue weighted by Crippen LogP contribution is 2.75. The van der Waals surface area contributed by atoms with Crippen LogP contribution in [0.1, 0.15) is 89.4 Å². The second kappa shape index (κ2) is 9.25. The van der Waals surface area contributed by atoms with E-state index in [0.29, 0.717) is 49.7 Å². The lowest BCUT2D eigenvalue weighted by Gasteiger charge is -2.68. The van der Waals surface area contributed by atoms with Gasteiger partial charge < -0.3 is 18.9 Å². The van der Waals surface area contributed by atoms with Crippen molar-refractivity contribution >= 4 is 23.7 Å². The summed E-state index contributed by atoms with van der Waals surface area (Å²) < 4.78 is 24.9. The molecule has 6 aliphatic rings. The monoisotopic (exact) mass is 576 g/mol. The molecule has 2 saturated carbocycles. The van der Waals surface area contributed by atoms with E-state index in [1.54, 1.807) is 12.1 Å². The maximum absolute atomic E-state index is 13.7. The van der Waals surface area contributed by atoms with Gasteiger partial charge in [-0.15, -0.1) is 0 Å². The van der Waals surface area contributed by atoms with E-state index in [9.17, 15) is 19.2 Å². The summed E-state index contributed by atoms with van der Waals surface area (Å²) in [6.07, 6.45) is 2.72. The third kappa shape index (κ3) is 3.63. The molecular formula is C34H40O8. The van der Waals surface area contributed by atoms with Crippen LogP contribution in [0.15, 0.2) is 41.5 Å². The van der Waals surface area contributed by atoms with Gasteiger partial charge in [-0.1, -0.05) is 37.6 Å². The molecular weight excluding hydrogens is 536 g/mol. The Morgan fingerprint density at radius 1 is 0.929 bits per heavy atom. The zero-order valence-corrected chi connectivity index (χ0v) is 24.9. The van der Waals surface area contributed by atoms with Crippen LogP contribution >= 0.6 is 0 Å². The maximum atomic E-state index is 13.7. The van der Waals surface area contributed by atoms with Crippen molar-refractivity contribution in [2.75, 3.05) is 6.61 Å². The molecule has 8 atom stereocenters. The van der Waals surface area contributed by atoms with E-state index in [1.807, 2.05) is 18.2 Å². The lowest BCUT2D eigenvalue weighted by Crippen LogP contribution is -2.69. The Morgan fingerprint density at radius 2 is 1.69 bits per heavy atom. The molecule has 7 rings (SSSR count). The van der Waals surface area contributed by atoms with Crippen molar-refractivity contribution in [3.8, 4) is 0 Å². The number of cyclic esters (lactones) is 2. The second-order valence-corrected chi connectivity index (χ2v) is 14.3. The first-order valence-corrected chi connectivity index (χ1v) is 15.5. The molecule has 42 heavy (non-hydrogen) atoms. The molecule has 0 radical (unpaired) electrons. The van der Waals surface area contributed by atoms with Gasteiger partial charge in [0.05, 0.1) is 23.7 Å². The van der Waals surface area contributed by atoms with Crippen LogP contribution in [0.2, 0.25) is 0 Å². The number of hydrogen-bond donors (Lipinski definition) is 0. The minimum absolute atomic E-state index is 0.00403. The molecule has 1 spiro atoms. The van der Waals surface area contributed by atoms with Crippen LogP contribution in [0, 0.1) is 28.1 Å². The number of rotatable bonds is 3. The van der Waals surface area contributed by atoms with Crippen molar-refractivity contribution in [2.45, 2.75) is 103 Å². The standard InChI is InChI=1S/C34H40O8/c1-31(2)24-16-25(41-30(38)19-8-6-5-7-9-19)33(4)23(34(24)18-39-28(37)17-26(34)42-31)12-10-20-29(22-11-13-27(36)40-22)21(35)14-15-32(20,33)3/h5-9,22-26H,10-18H2,1-4H3/t22-,23-,24-,25+,26-,32+,33-,34+/m0/s1. The largest absolute Gasteiger partial charge is 0.465 e. The molecule has 5 fully saturated rings. The summed E-state index contributed by atoms with van der Waals surface area (Å²) >= 11 is 0. The summed E-state index contributed by atoms with van der Waals surface area (Å²) in [6.45, 7) is 8.91. The number of carbonyl (C=O) groups excluding carboxylic acids is 4. The first-order valence-electron chi connectivity index (χ1n) is 15.5. The van der Waals surface area contributed by atoms with E-state index < -0.39 is 34.1 Å². The lowest BCUT2D eigenvalue weighted by atomic mass is 9.36. The van der Waals surface area contributed by atoms with Crippen LogP contribution in [-0.2, 0) is 33.3 Å². The zero-order chi connectivity index (χ0) is 29.7. The molecule has 0 N–H and O–H groups in total. The Bertz CT molecular complexity index is 1400. The van der Waals surface area contributed by atoms with Crippen molar-refractivity contribution in [3.63, 3.8) is 0 Å². The first-order chi connectivity index (χ1) is 19.9. The summed E-state index contributed by atoms with van der Waals surface area (Å²) in [5.41, 5.74) is 0.138. The van der Waals surface area contributed by atoms with Gasteiger partial charge in [0.25, 0.3) is 0 Å². The van der Waals surface area contributed by atoms with Gasteiger partial charge >= 0.3 is 17.9 Å². The predicted molar refractivity (Wildman–Crippen MR) is 150 cm³/mol. The highest BCUT2D eigenvalue weighted by Gasteiger charge is 2.76. The molecule has 1 aromatic carbocycles. The van der Waals surface area contributed by atoms with Crippen LogP contribution in [0.3, 0.4) is 0 Å². The number of fused-ring (bicyclic) bond motifs is 3. The number of Topliss-reactive ketones (excluding diaryl/α,β-unsaturated/α-hetero) is 1. The number of benzene rings is 1. The zero-order valence-electron chi connectivity index (χ0n) is 24.9. The molecule has 8 nitrogen and oxygen atoms in total. The average Bonchev–Trinajstić information content (AvgIpc) is 3.47. The lowest BCUT2D eigenvalue weighted by molar-refractivity contribution is -0.230. The van der Waals surface area contributed by atoms with Crippen LogP contribution in [0.4, 0.5) is 0 Å². The first kappa shape index (κ1) is 27.8. The topological polar surface area (TPSA) is 105 Å². The van der Waals surface area contributed by atoms with Crippen molar-refractivity contribution in [1.29, 1.82) is 0 Å². The molecule has 3 aliphatic heterocycles. The average molecular weight is 577 g/mol. The van der Waals surface area contributed by atoms with E-state index in [1.165, 1.54) is 0 Å². The Kier molecular flexibility index (Phi) is 6.12. The van der Waals surface area contributed by atoms with E-state index in [2.05, 4.69) is 27.7 Å². The van der Waals surface area contributed by atoms with Gasteiger partial charge in [-0.05, 0) is 69.4 Å². The highest BCUT2D eigenvalue weighted by atomic mass is 16.6. The Morgan fingerprint density at radius 3 is 2.40 bits per heavy atom. The maximum Gasteiger partial charge on any atom is 0.338 e. The predicted octanol–water partition coefficient (Wildman–Crippen LogP) is 5.13. The molecule has 0 unspecified atom stereocenters. The minimum atomic E-state index is -0.595. The van der Waals surface area contributed by atoms with E-state index in [0.717, 1.165) is 12.0 Å². The molecule has 224 valence electrons. The fourth-order valence-electron chi connectivity index (χ4n) is 10.3. The molecule has 3 heterocycles. The number of ketones is 1. The number of esters is 3. The van der Waals surface area contributed by atoms with Crippen LogP contribution < -0.4 is 0 Å². The van der Waals surface area contributed by atoms with Gasteiger partial charge in [0.15, 0.2) is 5.78 Å². The van der Waals surface area contributed by atoms with E-state index >= 15 is 0 Å². The SMILES string of the molecule is CC1(C)O[C@H]2CC(=O)OC[C@]23[C@H]2CCC4=C([C@@H]5CCC(=O)O5)C(=O)CC[C@@]4(C)[C@]2(C)[C@H](OC(=O)c2ccccc2)C[C@@H]13. The van der Waals surface area contributed by atoms with Crippen molar-refractivity contribution in [2.24, 2.45) is 28.1 Å². The molecule has 0 amide bonds. The number of carbonyl (C=O) groups is 4. The Hall–Kier alpha value is -3.00. The van der Waals surface area contributed by atoms with E-state index in [4.69, 9.17) is 18.9 Å². The van der Waals surface area contributed by atoms with Gasteiger partial charge in [0.2, 0.25) is 0 Å². The Labute approximate surface area is 246 Å². The van der Waals surface area contributed by atoms with Gasteiger partial charge in [0, 0.05) is 35.2 Å². The van der Waals surface area contributed by atoms with Gasteiger partial charge in [-0.2, -0.15) is 0 Å². The van der Waals surface area contributed by atoms with Gasteiger partial charge in [-0.25, -0.2) is 4.79 Å². The number of allylic oxidation sites excluding steroid dienone is 1. The van der Waals surface area contributed by atoms with Crippen LogP contribution in [0.25, 0.3) is 0 Å². The molecule has 3 saturated heterocycles. The Balaban J connectivity index is 1.39. The summed E-state index contributed by atoms with van der Waals surface area (Å²) in [6, 6.07) is 9.07. The number of hydrogen-bond acceptors (Lipinski definition) is 8. The van der Waals surface area contributed by atoms with Crippen molar-refractivity contribution in [1.82, 2.24) is 0 Å². The van der Waals surface area contributed by atoms with Crippen LogP contribution in [-0.4, -0.2) is 54.2 Å². The summed E-state index contributed by atoms with van der Waals surface area (Å²) in [5.74, 6) is -0.798.